The van der Waals surface area contributed by atoms with Crippen LogP contribution in [-0.2, 0) is 14.4 Å². The number of nitrogens with zero attached hydrogens (tertiary/aromatic N) is 2. The largest absolute Gasteiger partial charge is 0.376 e. The third-order valence-corrected chi connectivity index (χ3v) is 3.70. The van der Waals surface area contributed by atoms with Gasteiger partial charge in [-0.15, -0.1) is 0 Å². The first kappa shape index (κ1) is 16.8. The van der Waals surface area contributed by atoms with Crippen molar-refractivity contribution in [1.82, 2.24) is 10.2 Å². The van der Waals surface area contributed by atoms with Crippen molar-refractivity contribution in [1.29, 1.82) is 0 Å². The Hall–Kier alpha value is -2.57. The lowest BCUT2D eigenvalue weighted by Crippen LogP contribution is -2.42. The molecule has 0 spiro atoms. The van der Waals surface area contributed by atoms with E-state index in [4.69, 9.17) is 0 Å². The Morgan fingerprint density at radius 2 is 1.74 bits per heavy atom. The van der Waals surface area contributed by atoms with Gasteiger partial charge in [0.15, 0.2) is 0 Å². The zero-order chi connectivity index (χ0) is 16.8. The molecule has 1 saturated heterocycles. The molecule has 3 amide bonds. The molecule has 0 unspecified atom stereocenters. The van der Waals surface area contributed by atoms with E-state index in [9.17, 15) is 14.4 Å². The van der Waals surface area contributed by atoms with Crippen LogP contribution in [0.3, 0.4) is 0 Å². The molecule has 1 aromatic rings. The van der Waals surface area contributed by atoms with Crippen molar-refractivity contribution >= 4 is 29.1 Å². The summed E-state index contributed by atoms with van der Waals surface area (Å²) in [6.07, 6.45) is 1.98. The molecule has 0 aromatic heterocycles. The van der Waals surface area contributed by atoms with Crippen molar-refractivity contribution in [2.75, 3.05) is 43.9 Å². The number of anilines is 2. The highest BCUT2D eigenvalue weighted by atomic mass is 16.2. The molecule has 7 nitrogen and oxygen atoms in total. The molecule has 1 heterocycles. The number of benzene rings is 1. The molecule has 1 aromatic carbocycles. The average Bonchev–Trinajstić information content (AvgIpc) is 3.07. The minimum atomic E-state index is -0.814. The molecular formula is C16H22N4O3. The maximum atomic E-state index is 12.0. The molecule has 0 bridgehead atoms. The van der Waals surface area contributed by atoms with E-state index < -0.39 is 11.8 Å². The van der Waals surface area contributed by atoms with Gasteiger partial charge in [0, 0.05) is 27.2 Å². The predicted molar refractivity (Wildman–Crippen MR) is 88.2 cm³/mol. The third kappa shape index (κ3) is 4.45. The molecule has 0 atom stereocenters. The second kappa shape index (κ2) is 7.62. The fraction of sp³-hybridized carbons (Fsp3) is 0.438. The van der Waals surface area contributed by atoms with E-state index in [-0.39, 0.29) is 12.5 Å². The molecule has 0 radical (unpaired) electrons. The molecular weight excluding hydrogens is 296 g/mol. The molecule has 124 valence electrons. The number of carbonyl (C=O) groups excluding carboxylic acids is 3. The number of nitrogens with one attached hydrogen (secondary N) is 2. The summed E-state index contributed by atoms with van der Waals surface area (Å²) in [7, 11) is 3.69. The molecule has 1 aliphatic heterocycles. The second-order valence-corrected chi connectivity index (χ2v) is 5.64. The number of likely N-dealkylation sites (tertiary alicyclic amines) is 1. The number of hydrogen-bond acceptors (Lipinski definition) is 4. The number of hydrogen-bond donors (Lipinski definition) is 2. The molecule has 2 rings (SSSR count). The Labute approximate surface area is 135 Å². The molecule has 0 aliphatic carbocycles. The van der Waals surface area contributed by atoms with Gasteiger partial charge in [-0.1, -0.05) is 12.1 Å². The van der Waals surface area contributed by atoms with Crippen molar-refractivity contribution in [3.05, 3.63) is 24.3 Å². The van der Waals surface area contributed by atoms with Crippen molar-refractivity contribution in [3.63, 3.8) is 0 Å². The average molecular weight is 318 g/mol. The van der Waals surface area contributed by atoms with Crippen LogP contribution < -0.4 is 15.5 Å². The van der Waals surface area contributed by atoms with Crippen LogP contribution in [0.5, 0.6) is 0 Å². The van der Waals surface area contributed by atoms with E-state index in [0.29, 0.717) is 5.69 Å². The van der Waals surface area contributed by atoms with Crippen LogP contribution in [0.4, 0.5) is 11.4 Å². The summed E-state index contributed by atoms with van der Waals surface area (Å²) in [6.45, 7) is 1.29. The molecule has 23 heavy (non-hydrogen) atoms. The van der Waals surface area contributed by atoms with Crippen molar-refractivity contribution in [2.45, 2.75) is 12.8 Å². The van der Waals surface area contributed by atoms with Crippen LogP contribution in [0.25, 0.3) is 0 Å². The Balaban J connectivity index is 1.88. The minimum absolute atomic E-state index is 0.151. The van der Waals surface area contributed by atoms with Gasteiger partial charge < -0.3 is 20.4 Å². The molecule has 0 saturated carbocycles. The number of rotatable bonds is 4. The SMILES string of the molecule is CN(C)c1ccccc1NC(=O)C(=O)NCC(=O)N1CCCC1. The monoisotopic (exact) mass is 318 g/mol. The van der Waals surface area contributed by atoms with Gasteiger partial charge in [-0.2, -0.15) is 0 Å². The summed E-state index contributed by atoms with van der Waals surface area (Å²) < 4.78 is 0. The van der Waals surface area contributed by atoms with Crippen LogP contribution in [0, 0.1) is 0 Å². The molecule has 7 heteroatoms. The normalized spacial score (nSPS) is 13.6. The highest BCUT2D eigenvalue weighted by Gasteiger charge is 2.20. The van der Waals surface area contributed by atoms with Crippen molar-refractivity contribution < 1.29 is 14.4 Å². The van der Waals surface area contributed by atoms with Crippen molar-refractivity contribution in [2.24, 2.45) is 0 Å². The van der Waals surface area contributed by atoms with Gasteiger partial charge in [0.25, 0.3) is 0 Å². The Morgan fingerprint density at radius 1 is 1.09 bits per heavy atom. The van der Waals surface area contributed by atoms with Crippen LogP contribution in [0.15, 0.2) is 24.3 Å². The standard InChI is InChI=1S/C16H22N4O3/c1-19(2)13-8-4-3-7-12(13)18-16(23)15(22)17-11-14(21)20-9-5-6-10-20/h3-4,7-8H,5-6,9-11H2,1-2H3,(H,17,22)(H,18,23). The maximum absolute atomic E-state index is 12.0. The van der Waals surface area contributed by atoms with Crippen molar-refractivity contribution in [3.8, 4) is 0 Å². The maximum Gasteiger partial charge on any atom is 0.313 e. The summed E-state index contributed by atoms with van der Waals surface area (Å²) in [5, 5.41) is 4.94. The quantitative estimate of drug-likeness (QED) is 0.789. The summed E-state index contributed by atoms with van der Waals surface area (Å²) in [5.41, 5.74) is 1.34. The zero-order valence-corrected chi connectivity index (χ0v) is 13.5. The van der Waals surface area contributed by atoms with Gasteiger partial charge in [-0.3, -0.25) is 14.4 Å². The Bertz CT molecular complexity index is 595. The minimum Gasteiger partial charge on any atom is -0.376 e. The molecule has 2 N–H and O–H groups in total. The van der Waals surface area contributed by atoms with Gasteiger partial charge in [-0.25, -0.2) is 0 Å². The Kier molecular flexibility index (Phi) is 5.56. The summed E-state index contributed by atoms with van der Waals surface area (Å²) in [4.78, 5) is 39.2. The molecule has 1 aliphatic rings. The fourth-order valence-corrected chi connectivity index (χ4v) is 2.46. The Morgan fingerprint density at radius 3 is 2.39 bits per heavy atom. The first-order valence-corrected chi connectivity index (χ1v) is 7.62. The van der Waals surface area contributed by atoms with E-state index in [1.165, 1.54) is 0 Å². The van der Waals surface area contributed by atoms with Crippen LogP contribution in [0.2, 0.25) is 0 Å². The topological polar surface area (TPSA) is 81.8 Å². The lowest BCUT2D eigenvalue weighted by Gasteiger charge is -2.18. The van der Waals surface area contributed by atoms with Gasteiger partial charge in [0.1, 0.15) is 0 Å². The molecule has 1 fully saturated rings. The lowest BCUT2D eigenvalue weighted by molar-refractivity contribution is -0.138. The number of carbonyl (C=O) groups is 3. The van der Waals surface area contributed by atoms with E-state index in [2.05, 4.69) is 10.6 Å². The number of para-hydroxylation sites is 2. The first-order chi connectivity index (χ1) is 11.0. The van der Waals surface area contributed by atoms with Crippen LogP contribution in [-0.4, -0.2) is 56.4 Å². The van der Waals surface area contributed by atoms with Gasteiger partial charge in [0.05, 0.1) is 17.9 Å². The smallest absolute Gasteiger partial charge is 0.313 e. The summed E-state index contributed by atoms with van der Waals surface area (Å²) >= 11 is 0. The van der Waals surface area contributed by atoms with E-state index in [0.717, 1.165) is 31.6 Å². The predicted octanol–water partition coefficient (Wildman–Crippen LogP) is 0.430. The lowest BCUT2D eigenvalue weighted by atomic mass is 10.2. The van der Waals surface area contributed by atoms with Gasteiger partial charge in [-0.05, 0) is 25.0 Å². The summed E-state index contributed by atoms with van der Waals surface area (Å²) in [6, 6.07) is 7.18. The fourth-order valence-electron chi connectivity index (χ4n) is 2.46. The van der Waals surface area contributed by atoms with Crippen LogP contribution >= 0.6 is 0 Å². The highest BCUT2D eigenvalue weighted by molar-refractivity contribution is 6.40. The second-order valence-electron chi connectivity index (χ2n) is 5.64. The summed E-state index contributed by atoms with van der Waals surface area (Å²) in [5.74, 6) is -1.75. The third-order valence-electron chi connectivity index (χ3n) is 3.70. The van der Waals surface area contributed by atoms with E-state index in [1.807, 2.05) is 31.1 Å². The van der Waals surface area contributed by atoms with Gasteiger partial charge in [0.2, 0.25) is 5.91 Å². The number of amides is 3. The van der Waals surface area contributed by atoms with Gasteiger partial charge >= 0.3 is 11.8 Å². The van der Waals surface area contributed by atoms with E-state index >= 15 is 0 Å². The highest BCUT2D eigenvalue weighted by Crippen LogP contribution is 2.23. The van der Waals surface area contributed by atoms with E-state index in [1.54, 1.807) is 17.0 Å². The zero-order valence-electron chi connectivity index (χ0n) is 13.5. The van der Waals surface area contributed by atoms with Crippen LogP contribution in [0.1, 0.15) is 12.8 Å². The first-order valence-electron chi connectivity index (χ1n) is 7.62.